The molecule has 3 rings (SSSR count). The third-order valence-corrected chi connectivity index (χ3v) is 11.0. The minimum absolute atomic E-state index is 0.00689. The van der Waals surface area contributed by atoms with Gasteiger partial charge in [-0.25, -0.2) is 9.59 Å². The van der Waals surface area contributed by atoms with Crippen molar-refractivity contribution in [2.75, 3.05) is 33.9 Å². The topological polar surface area (TPSA) is 91.4 Å². The molecule has 340 valence electrons. The van der Waals surface area contributed by atoms with Crippen LogP contribution < -0.4 is 0 Å². The number of carbonyl (C=O) groups is 3. The number of esters is 2. The van der Waals surface area contributed by atoms with Crippen LogP contribution in [0.25, 0.3) is 0 Å². The van der Waals surface area contributed by atoms with E-state index in [9.17, 15) is 40.7 Å². The molecule has 0 saturated carbocycles. The van der Waals surface area contributed by atoms with E-state index in [1.54, 1.807) is 12.1 Å². The fourth-order valence-electron chi connectivity index (χ4n) is 7.59. The molecule has 1 aliphatic rings. The maximum atomic E-state index is 14.2. The molecule has 1 fully saturated rings. The van der Waals surface area contributed by atoms with Gasteiger partial charge in [-0.2, -0.15) is 26.3 Å². The summed E-state index contributed by atoms with van der Waals surface area (Å²) in [4.78, 5) is 39.8. The molecule has 0 aliphatic carbocycles. The zero-order chi connectivity index (χ0) is 44.6. The van der Waals surface area contributed by atoms with Crippen LogP contribution >= 0.6 is 0 Å². The van der Waals surface area contributed by atoms with Gasteiger partial charge in [0.15, 0.2) is 0 Å². The Hall–Kier alpha value is -4.17. The highest BCUT2D eigenvalue weighted by Gasteiger charge is 2.65. The Bertz CT molecular complexity index is 1640. The summed E-state index contributed by atoms with van der Waals surface area (Å²) >= 11 is 0. The number of ether oxygens (including phenoxy) is 4. The second-order valence-corrected chi connectivity index (χ2v) is 15.5. The first-order chi connectivity index (χ1) is 29.2. The molecule has 0 N–H and O–H groups in total. The number of allylic oxidation sites excluding steroid dienone is 3. The SMILES string of the molecule is CO[C@@](C(=O)OCCCCCCCCCCCCCCCCC/C=C\C=C/C(=O)N1CCC[C@@H](OC(=O)[C@](OC)(c2ccccc2)C(F)(F)F)C1)(c1ccccc1)C(F)(F)F. The van der Waals surface area contributed by atoms with Crippen LogP contribution in [0.5, 0.6) is 0 Å². The van der Waals surface area contributed by atoms with E-state index in [1.165, 1.54) is 111 Å². The monoisotopic (exact) mass is 867 g/mol. The Balaban J connectivity index is 1.16. The van der Waals surface area contributed by atoms with Gasteiger partial charge >= 0.3 is 24.3 Å². The van der Waals surface area contributed by atoms with Crippen LogP contribution in [-0.4, -0.2) is 75.1 Å². The fraction of sp³-hybridized carbons (Fsp3) is 0.596. The Morgan fingerprint density at radius 1 is 0.623 bits per heavy atom. The van der Waals surface area contributed by atoms with Crippen LogP contribution in [0.2, 0.25) is 0 Å². The van der Waals surface area contributed by atoms with Crippen molar-refractivity contribution in [1.29, 1.82) is 0 Å². The number of methoxy groups -OCH3 is 2. The molecular formula is C47H63F6NO7. The predicted octanol–water partition coefficient (Wildman–Crippen LogP) is 11.6. The quantitative estimate of drug-likeness (QED) is 0.0290. The van der Waals surface area contributed by atoms with Crippen LogP contribution in [0.1, 0.15) is 127 Å². The molecule has 0 spiro atoms. The van der Waals surface area contributed by atoms with Crippen LogP contribution in [-0.2, 0) is 44.5 Å². The Morgan fingerprint density at radius 2 is 1.07 bits per heavy atom. The van der Waals surface area contributed by atoms with Crippen molar-refractivity contribution < 1.29 is 59.7 Å². The smallest absolute Gasteiger partial charge is 0.432 e. The van der Waals surface area contributed by atoms with Crippen molar-refractivity contribution >= 4 is 17.8 Å². The number of hydrogen-bond acceptors (Lipinski definition) is 7. The lowest BCUT2D eigenvalue weighted by Crippen LogP contribution is -2.54. The minimum Gasteiger partial charge on any atom is -0.463 e. The Morgan fingerprint density at radius 3 is 1.52 bits per heavy atom. The van der Waals surface area contributed by atoms with Crippen molar-refractivity contribution in [3.05, 3.63) is 96.1 Å². The lowest BCUT2D eigenvalue weighted by atomic mass is 9.92. The number of amides is 1. The van der Waals surface area contributed by atoms with Crippen molar-refractivity contribution in [1.82, 2.24) is 4.90 Å². The predicted molar refractivity (Wildman–Crippen MR) is 221 cm³/mol. The fourth-order valence-corrected chi connectivity index (χ4v) is 7.59. The molecule has 0 radical (unpaired) electrons. The summed E-state index contributed by atoms with van der Waals surface area (Å²) in [6.07, 6.45) is 13.7. The first kappa shape index (κ1) is 51.2. The second-order valence-electron chi connectivity index (χ2n) is 15.5. The van der Waals surface area contributed by atoms with Gasteiger partial charge < -0.3 is 23.8 Å². The van der Waals surface area contributed by atoms with Gasteiger partial charge in [0.05, 0.1) is 13.2 Å². The number of benzene rings is 2. The number of carbonyl (C=O) groups excluding carboxylic acids is 3. The maximum absolute atomic E-state index is 14.2. The number of rotatable bonds is 27. The van der Waals surface area contributed by atoms with Crippen molar-refractivity contribution in [2.45, 2.75) is 145 Å². The summed E-state index contributed by atoms with van der Waals surface area (Å²) in [6.45, 7) is 0.317. The zero-order valence-corrected chi connectivity index (χ0v) is 35.6. The van der Waals surface area contributed by atoms with Gasteiger partial charge in [0.1, 0.15) is 6.10 Å². The molecular weight excluding hydrogens is 805 g/mol. The van der Waals surface area contributed by atoms with E-state index in [2.05, 4.69) is 0 Å². The number of hydrogen-bond donors (Lipinski definition) is 0. The standard InChI is InChI=1S/C47H63F6NO7/c1-58-44(46(48,49)50,38-29-22-20-23-30-38)42(56)60-36-27-19-17-15-13-11-9-7-5-3-4-6-8-10-12-14-16-18-26-34-41(55)54-35-28-33-40(37-54)61-43(57)45(59-2,47(51,52)53)39-31-24-21-25-32-39/h16,18,20-26,29-32,34,40H,3-15,17,19,27-28,33,35-37H2,1-2H3/b18-16-,34-26-/t40-,44-,45-/m1/s1. The van der Waals surface area contributed by atoms with E-state index in [0.29, 0.717) is 25.8 Å². The first-order valence-electron chi connectivity index (χ1n) is 21.6. The molecule has 61 heavy (non-hydrogen) atoms. The molecule has 0 bridgehead atoms. The Kier molecular flexibility index (Phi) is 22.1. The van der Waals surface area contributed by atoms with E-state index in [4.69, 9.17) is 18.9 Å². The number of halogens is 6. The van der Waals surface area contributed by atoms with Crippen LogP contribution in [0.15, 0.2) is 85.0 Å². The van der Waals surface area contributed by atoms with Gasteiger partial charge in [0, 0.05) is 38.0 Å². The van der Waals surface area contributed by atoms with Crippen LogP contribution in [0.4, 0.5) is 26.3 Å². The molecule has 3 atom stereocenters. The van der Waals surface area contributed by atoms with Crippen LogP contribution in [0, 0.1) is 0 Å². The van der Waals surface area contributed by atoms with Gasteiger partial charge in [-0.05, 0) is 32.1 Å². The number of likely N-dealkylation sites (tertiary alicyclic amines) is 1. The summed E-state index contributed by atoms with van der Waals surface area (Å²) in [7, 11) is 1.69. The van der Waals surface area contributed by atoms with Gasteiger partial charge in [-0.1, -0.05) is 162 Å². The van der Waals surface area contributed by atoms with Crippen molar-refractivity contribution in [3.8, 4) is 0 Å². The molecule has 0 unspecified atom stereocenters. The number of nitrogens with zero attached hydrogens (tertiary/aromatic N) is 1. The van der Waals surface area contributed by atoms with Crippen molar-refractivity contribution in [2.24, 2.45) is 0 Å². The summed E-state index contributed by atoms with van der Waals surface area (Å²) < 4.78 is 105. The highest BCUT2D eigenvalue weighted by molar-refractivity contribution is 5.88. The number of unbranched alkanes of at least 4 members (excludes halogenated alkanes) is 15. The van der Waals surface area contributed by atoms with E-state index >= 15 is 0 Å². The minimum atomic E-state index is -5.07. The van der Waals surface area contributed by atoms with E-state index in [-0.39, 0.29) is 30.2 Å². The van der Waals surface area contributed by atoms with Crippen molar-refractivity contribution in [3.63, 3.8) is 0 Å². The third kappa shape index (κ3) is 15.3. The Labute approximate surface area is 357 Å². The maximum Gasteiger partial charge on any atom is 0.432 e. The van der Waals surface area contributed by atoms with Gasteiger partial charge in [-0.3, -0.25) is 4.79 Å². The molecule has 2 aromatic carbocycles. The third-order valence-electron chi connectivity index (χ3n) is 11.0. The normalized spacial score (nSPS) is 17.0. The molecule has 14 heteroatoms. The average Bonchev–Trinajstić information content (AvgIpc) is 3.23. The first-order valence-corrected chi connectivity index (χ1v) is 21.6. The lowest BCUT2D eigenvalue weighted by Gasteiger charge is -2.36. The van der Waals surface area contributed by atoms with E-state index in [0.717, 1.165) is 65.6 Å². The molecule has 1 heterocycles. The number of piperidine rings is 1. The molecule has 1 amide bonds. The summed E-state index contributed by atoms with van der Waals surface area (Å²) in [5.41, 5.74) is -7.11. The van der Waals surface area contributed by atoms with E-state index in [1.807, 2.05) is 12.2 Å². The molecule has 0 aromatic heterocycles. The molecule has 1 aliphatic heterocycles. The summed E-state index contributed by atoms with van der Waals surface area (Å²) in [6, 6.07) is 13.5. The molecule has 8 nitrogen and oxygen atoms in total. The highest BCUT2D eigenvalue weighted by Crippen LogP contribution is 2.44. The number of alkyl halides is 6. The largest absolute Gasteiger partial charge is 0.463 e. The summed E-state index contributed by atoms with van der Waals surface area (Å²) in [5, 5.41) is 0. The van der Waals surface area contributed by atoms with E-state index < -0.39 is 41.6 Å². The van der Waals surface area contributed by atoms with Gasteiger partial charge in [0.2, 0.25) is 5.91 Å². The molecule has 1 saturated heterocycles. The molecule has 2 aromatic rings. The van der Waals surface area contributed by atoms with Crippen LogP contribution in [0.3, 0.4) is 0 Å². The zero-order valence-electron chi connectivity index (χ0n) is 35.6. The van der Waals surface area contributed by atoms with Gasteiger partial charge in [-0.15, -0.1) is 0 Å². The highest BCUT2D eigenvalue weighted by atomic mass is 19.4. The summed E-state index contributed by atoms with van der Waals surface area (Å²) in [5.74, 6) is -3.30. The lowest BCUT2D eigenvalue weighted by molar-refractivity contribution is -0.279. The average molecular weight is 868 g/mol. The second kappa shape index (κ2) is 26.3. The van der Waals surface area contributed by atoms with Gasteiger partial charge in [0.25, 0.3) is 11.2 Å².